The standard InChI is InChI=1S/C18H22F3NS/c1-17(2,3)13-6-8-15(9-7-13)23-16-10-14(18(19,20)21)5-4-12(16)11-22/h4-5,10,13,15H,6-9H2,1-3H3. The van der Waals surface area contributed by atoms with E-state index in [0.29, 0.717) is 21.6 Å². The Balaban J connectivity index is 2.10. The normalized spacial score (nSPS) is 22.7. The molecule has 0 saturated heterocycles. The summed E-state index contributed by atoms with van der Waals surface area (Å²) in [6, 6.07) is 5.40. The van der Waals surface area contributed by atoms with E-state index in [2.05, 4.69) is 20.8 Å². The van der Waals surface area contributed by atoms with Crippen LogP contribution in [0.25, 0.3) is 0 Å². The van der Waals surface area contributed by atoms with E-state index in [1.54, 1.807) is 0 Å². The molecule has 0 amide bonds. The van der Waals surface area contributed by atoms with Crippen molar-refractivity contribution in [2.75, 3.05) is 0 Å². The Morgan fingerprint density at radius 1 is 1.09 bits per heavy atom. The summed E-state index contributed by atoms with van der Waals surface area (Å²) in [6.45, 7) is 6.73. The van der Waals surface area contributed by atoms with Crippen LogP contribution in [0.4, 0.5) is 13.2 Å². The molecule has 1 aliphatic carbocycles. The van der Waals surface area contributed by atoms with Crippen molar-refractivity contribution >= 4 is 11.8 Å². The second-order valence-electron chi connectivity index (χ2n) is 7.28. The summed E-state index contributed by atoms with van der Waals surface area (Å²) in [5, 5.41) is 9.44. The summed E-state index contributed by atoms with van der Waals surface area (Å²) >= 11 is 1.44. The number of hydrogen-bond donors (Lipinski definition) is 0. The zero-order chi connectivity index (χ0) is 17.3. The number of hydrogen-bond acceptors (Lipinski definition) is 2. The summed E-state index contributed by atoms with van der Waals surface area (Å²) < 4.78 is 38.6. The highest BCUT2D eigenvalue weighted by atomic mass is 32.2. The molecule has 1 nitrogen and oxygen atoms in total. The molecule has 0 unspecified atom stereocenters. The second kappa shape index (κ2) is 6.76. The van der Waals surface area contributed by atoms with Crippen LogP contribution in [0.2, 0.25) is 0 Å². The van der Waals surface area contributed by atoms with Gasteiger partial charge in [-0.1, -0.05) is 20.8 Å². The fourth-order valence-corrected chi connectivity index (χ4v) is 4.42. The molecule has 0 N–H and O–H groups in total. The van der Waals surface area contributed by atoms with E-state index in [4.69, 9.17) is 5.26 Å². The maximum absolute atomic E-state index is 12.9. The Kier molecular flexibility index (Phi) is 5.35. The van der Waals surface area contributed by atoms with E-state index in [-0.39, 0.29) is 5.41 Å². The first-order chi connectivity index (χ1) is 10.6. The van der Waals surface area contributed by atoms with Crippen LogP contribution >= 0.6 is 11.8 Å². The first-order valence-electron chi connectivity index (χ1n) is 7.89. The van der Waals surface area contributed by atoms with Crippen molar-refractivity contribution in [1.29, 1.82) is 5.26 Å². The van der Waals surface area contributed by atoms with Crippen molar-refractivity contribution in [1.82, 2.24) is 0 Å². The van der Waals surface area contributed by atoms with Crippen LogP contribution in [0.3, 0.4) is 0 Å². The van der Waals surface area contributed by atoms with Crippen molar-refractivity contribution in [3.63, 3.8) is 0 Å². The van der Waals surface area contributed by atoms with E-state index in [9.17, 15) is 13.2 Å². The third kappa shape index (κ3) is 4.67. The highest BCUT2D eigenvalue weighted by molar-refractivity contribution is 8.00. The summed E-state index contributed by atoms with van der Waals surface area (Å²) in [5.41, 5.74) is -0.0627. The molecule has 1 aromatic rings. The van der Waals surface area contributed by atoms with Gasteiger partial charge < -0.3 is 0 Å². The first-order valence-corrected chi connectivity index (χ1v) is 8.77. The van der Waals surface area contributed by atoms with Crippen LogP contribution in [-0.2, 0) is 6.18 Å². The molecule has 23 heavy (non-hydrogen) atoms. The third-order valence-electron chi connectivity index (χ3n) is 4.62. The van der Waals surface area contributed by atoms with Gasteiger partial charge in [-0.25, -0.2) is 0 Å². The summed E-state index contributed by atoms with van der Waals surface area (Å²) in [6.07, 6.45) is -0.182. The quantitative estimate of drug-likeness (QED) is 0.632. The fraction of sp³-hybridized carbons (Fsp3) is 0.611. The van der Waals surface area contributed by atoms with E-state index in [1.165, 1.54) is 17.8 Å². The lowest BCUT2D eigenvalue weighted by Gasteiger charge is -2.36. The van der Waals surface area contributed by atoms with Gasteiger partial charge in [0.1, 0.15) is 6.07 Å². The van der Waals surface area contributed by atoms with Gasteiger partial charge in [-0.15, -0.1) is 11.8 Å². The maximum atomic E-state index is 12.9. The van der Waals surface area contributed by atoms with Crippen LogP contribution < -0.4 is 0 Å². The predicted octanol–water partition coefficient (Wildman–Crippen LogP) is 6.27. The van der Waals surface area contributed by atoms with Crippen LogP contribution in [-0.4, -0.2) is 5.25 Å². The van der Waals surface area contributed by atoms with Crippen LogP contribution in [0.5, 0.6) is 0 Å². The van der Waals surface area contributed by atoms with Crippen molar-refractivity contribution in [2.24, 2.45) is 11.3 Å². The van der Waals surface area contributed by atoms with Crippen molar-refractivity contribution in [3.8, 4) is 6.07 Å². The molecule has 0 aromatic heterocycles. The Labute approximate surface area is 140 Å². The lowest BCUT2D eigenvalue weighted by molar-refractivity contribution is -0.137. The monoisotopic (exact) mass is 341 g/mol. The Morgan fingerprint density at radius 2 is 1.70 bits per heavy atom. The minimum atomic E-state index is -4.37. The first kappa shape index (κ1) is 18.2. The van der Waals surface area contributed by atoms with Gasteiger partial charge in [-0.3, -0.25) is 0 Å². The molecule has 0 spiro atoms. The average Bonchev–Trinajstić information content (AvgIpc) is 2.46. The molecule has 0 aliphatic heterocycles. The van der Waals surface area contributed by atoms with Gasteiger partial charge in [-0.05, 0) is 55.2 Å². The van der Waals surface area contributed by atoms with E-state index < -0.39 is 11.7 Å². The highest BCUT2D eigenvalue weighted by Crippen LogP contribution is 2.43. The minimum Gasteiger partial charge on any atom is -0.192 e. The molecule has 2 rings (SSSR count). The summed E-state index contributed by atoms with van der Waals surface area (Å²) in [5.74, 6) is 0.663. The number of nitrogens with zero attached hydrogens (tertiary/aromatic N) is 1. The molecule has 126 valence electrons. The van der Waals surface area contributed by atoms with E-state index in [1.807, 2.05) is 6.07 Å². The topological polar surface area (TPSA) is 23.8 Å². The largest absolute Gasteiger partial charge is 0.416 e. The van der Waals surface area contributed by atoms with Crippen LogP contribution in [0.1, 0.15) is 57.6 Å². The van der Waals surface area contributed by atoms with Gasteiger partial charge in [0.15, 0.2) is 0 Å². The smallest absolute Gasteiger partial charge is 0.192 e. The molecule has 0 heterocycles. The Morgan fingerprint density at radius 3 is 2.17 bits per heavy atom. The van der Waals surface area contributed by atoms with Crippen LogP contribution in [0.15, 0.2) is 23.1 Å². The lowest BCUT2D eigenvalue weighted by Crippen LogP contribution is -2.26. The third-order valence-corrected chi connectivity index (χ3v) is 6.02. The molecule has 0 bridgehead atoms. The molecule has 0 radical (unpaired) electrons. The zero-order valence-corrected chi connectivity index (χ0v) is 14.5. The number of alkyl halides is 3. The Hall–Kier alpha value is -1.15. The fourth-order valence-electron chi connectivity index (χ4n) is 3.11. The zero-order valence-electron chi connectivity index (χ0n) is 13.7. The van der Waals surface area contributed by atoms with E-state index >= 15 is 0 Å². The lowest BCUT2D eigenvalue weighted by atomic mass is 9.72. The van der Waals surface area contributed by atoms with Crippen molar-refractivity contribution in [3.05, 3.63) is 29.3 Å². The molecule has 1 saturated carbocycles. The number of thioether (sulfide) groups is 1. The summed E-state index contributed by atoms with van der Waals surface area (Å²) in [7, 11) is 0. The summed E-state index contributed by atoms with van der Waals surface area (Å²) in [4.78, 5) is 0.460. The number of rotatable bonds is 2. The molecule has 1 fully saturated rings. The Bertz CT molecular complexity index is 588. The van der Waals surface area contributed by atoms with Gasteiger partial charge in [0, 0.05) is 10.1 Å². The predicted molar refractivity (Wildman–Crippen MR) is 87.2 cm³/mol. The number of halogens is 3. The van der Waals surface area contributed by atoms with Gasteiger partial charge >= 0.3 is 6.18 Å². The van der Waals surface area contributed by atoms with Gasteiger partial charge in [0.2, 0.25) is 0 Å². The molecular formula is C18H22F3NS. The molecule has 5 heteroatoms. The number of nitriles is 1. The highest BCUT2D eigenvalue weighted by Gasteiger charge is 2.33. The van der Waals surface area contributed by atoms with Gasteiger partial charge in [0.05, 0.1) is 11.1 Å². The van der Waals surface area contributed by atoms with E-state index in [0.717, 1.165) is 37.8 Å². The minimum absolute atomic E-state index is 0.281. The maximum Gasteiger partial charge on any atom is 0.416 e. The molecular weight excluding hydrogens is 319 g/mol. The van der Waals surface area contributed by atoms with Crippen LogP contribution in [0, 0.1) is 22.7 Å². The molecule has 0 atom stereocenters. The van der Waals surface area contributed by atoms with Gasteiger partial charge in [-0.2, -0.15) is 18.4 Å². The average molecular weight is 341 g/mol. The second-order valence-corrected chi connectivity index (χ2v) is 8.62. The molecule has 1 aliphatic rings. The molecule has 1 aromatic carbocycles. The van der Waals surface area contributed by atoms with Crippen molar-refractivity contribution in [2.45, 2.75) is 62.8 Å². The van der Waals surface area contributed by atoms with Gasteiger partial charge in [0.25, 0.3) is 0 Å². The number of benzene rings is 1. The SMILES string of the molecule is CC(C)(C)C1CCC(Sc2cc(C(F)(F)F)ccc2C#N)CC1. The van der Waals surface area contributed by atoms with Crippen molar-refractivity contribution < 1.29 is 13.2 Å².